The molecule has 0 spiro atoms. The molecule has 27 heavy (non-hydrogen) atoms. The van der Waals surface area contributed by atoms with Crippen LogP contribution in [-0.4, -0.2) is 95.7 Å². The largest absolute Gasteiger partial charge is 0.388 e. The molecule has 2 N–H and O–H groups in total. The molecule has 0 aromatic heterocycles. The minimum Gasteiger partial charge on any atom is -0.388 e. The van der Waals surface area contributed by atoms with Crippen LogP contribution in [-0.2, 0) is 4.79 Å². The van der Waals surface area contributed by atoms with Gasteiger partial charge in [-0.3, -0.25) is 14.7 Å². The molecule has 0 aromatic rings. The SMILES string of the molecule is CCNC(=NCC(O)(CC)CC)N1CCN(C(C)C(=O)N2CCCC2)CC1. The first-order chi connectivity index (χ1) is 12.9. The van der Waals surface area contributed by atoms with Gasteiger partial charge in [0.15, 0.2) is 5.96 Å². The molecule has 1 unspecified atom stereocenters. The average Bonchev–Trinajstić information content (AvgIpc) is 3.24. The summed E-state index contributed by atoms with van der Waals surface area (Å²) in [6, 6.07) is -0.0463. The van der Waals surface area contributed by atoms with Crippen LogP contribution >= 0.6 is 0 Å². The number of hydrogen-bond acceptors (Lipinski definition) is 4. The van der Waals surface area contributed by atoms with Crippen molar-refractivity contribution in [1.82, 2.24) is 20.0 Å². The maximum atomic E-state index is 12.6. The van der Waals surface area contributed by atoms with Gasteiger partial charge in [-0.1, -0.05) is 13.8 Å². The van der Waals surface area contributed by atoms with Crippen LogP contribution in [0.25, 0.3) is 0 Å². The molecule has 2 rings (SSSR count). The molecule has 7 nitrogen and oxygen atoms in total. The van der Waals surface area contributed by atoms with Crippen LogP contribution in [0.1, 0.15) is 53.4 Å². The highest BCUT2D eigenvalue weighted by molar-refractivity contribution is 5.82. The normalized spacial score (nSPS) is 20.9. The zero-order chi connectivity index (χ0) is 19.9. The number of piperazine rings is 1. The molecule has 0 saturated carbocycles. The third-order valence-corrected chi connectivity index (χ3v) is 6.11. The lowest BCUT2D eigenvalue weighted by atomic mass is 9.98. The summed E-state index contributed by atoms with van der Waals surface area (Å²) in [5, 5.41) is 13.9. The molecule has 0 aliphatic carbocycles. The van der Waals surface area contributed by atoms with E-state index >= 15 is 0 Å². The van der Waals surface area contributed by atoms with Gasteiger partial charge in [-0.05, 0) is 39.5 Å². The van der Waals surface area contributed by atoms with E-state index in [-0.39, 0.29) is 11.9 Å². The van der Waals surface area contributed by atoms with Crippen LogP contribution in [0, 0.1) is 0 Å². The minimum atomic E-state index is -0.723. The lowest BCUT2D eigenvalue weighted by molar-refractivity contribution is -0.135. The highest BCUT2D eigenvalue weighted by Gasteiger charge is 2.31. The third kappa shape index (κ3) is 5.82. The van der Waals surface area contributed by atoms with Gasteiger partial charge in [0.25, 0.3) is 0 Å². The van der Waals surface area contributed by atoms with Crippen molar-refractivity contribution >= 4 is 11.9 Å². The number of nitrogens with one attached hydrogen (secondary N) is 1. The maximum absolute atomic E-state index is 12.6. The van der Waals surface area contributed by atoms with E-state index in [4.69, 9.17) is 4.99 Å². The van der Waals surface area contributed by atoms with Crippen molar-refractivity contribution in [3.8, 4) is 0 Å². The zero-order valence-corrected chi connectivity index (χ0v) is 17.7. The van der Waals surface area contributed by atoms with E-state index in [1.54, 1.807) is 0 Å². The van der Waals surface area contributed by atoms with E-state index in [1.165, 1.54) is 0 Å². The van der Waals surface area contributed by atoms with Crippen molar-refractivity contribution in [3.05, 3.63) is 0 Å². The summed E-state index contributed by atoms with van der Waals surface area (Å²) in [6.45, 7) is 14.6. The van der Waals surface area contributed by atoms with Crippen molar-refractivity contribution in [2.75, 3.05) is 52.4 Å². The van der Waals surface area contributed by atoms with Gasteiger partial charge in [-0.2, -0.15) is 0 Å². The van der Waals surface area contributed by atoms with Gasteiger partial charge in [0.05, 0.1) is 18.2 Å². The third-order valence-electron chi connectivity index (χ3n) is 6.11. The lowest BCUT2D eigenvalue weighted by Crippen LogP contribution is -2.57. The van der Waals surface area contributed by atoms with Gasteiger partial charge in [0.1, 0.15) is 0 Å². The Balaban J connectivity index is 1.91. The Bertz CT molecular complexity index is 493. The minimum absolute atomic E-state index is 0.0463. The Morgan fingerprint density at radius 1 is 1.04 bits per heavy atom. The van der Waals surface area contributed by atoms with Gasteiger partial charge >= 0.3 is 0 Å². The van der Waals surface area contributed by atoms with Crippen LogP contribution in [0.2, 0.25) is 0 Å². The molecular weight excluding hydrogens is 342 g/mol. The smallest absolute Gasteiger partial charge is 0.239 e. The molecule has 2 aliphatic rings. The van der Waals surface area contributed by atoms with Crippen LogP contribution in [0.5, 0.6) is 0 Å². The number of likely N-dealkylation sites (tertiary alicyclic amines) is 1. The fourth-order valence-electron chi connectivity index (χ4n) is 3.80. The zero-order valence-electron chi connectivity index (χ0n) is 17.7. The van der Waals surface area contributed by atoms with Crippen LogP contribution < -0.4 is 5.32 Å². The summed E-state index contributed by atoms with van der Waals surface area (Å²) in [7, 11) is 0. The van der Waals surface area contributed by atoms with Gasteiger partial charge in [-0.25, -0.2) is 0 Å². The second kappa shape index (κ2) is 10.3. The molecule has 2 heterocycles. The van der Waals surface area contributed by atoms with Crippen LogP contribution in [0.3, 0.4) is 0 Å². The Hall–Kier alpha value is -1.34. The number of rotatable bonds is 7. The van der Waals surface area contributed by atoms with Crippen molar-refractivity contribution in [1.29, 1.82) is 0 Å². The van der Waals surface area contributed by atoms with Gasteiger partial charge in [0, 0.05) is 45.8 Å². The molecule has 156 valence electrons. The number of guanidine groups is 1. The quantitative estimate of drug-likeness (QED) is 0.511. The molecule has 1 amide bonds. The number of aliphatic hydroxyl groups is 1. The highest BCUT2D eigenvalue weighted by Crippen LogP contribution is 2.16. The van der Waals surface area contributed by atoms with Crippen molar-refractivity contribution < 1.29 is 9.90 Å². The molecular formula is C20H39N5O2. The molecule has 2 aliphatic heterocycles. The number of amides is 1. The second-order valence-electron chi connectivity index (χ2n) is 7.83. The van der Waals surface area contributed by atoms with Crippen molar-refractivity contribution in [2.24, 2.45) is 4.99 Å². The second-order valence-corrected chi connectivity index (χ2v) is 7.83. The molecule has 0 aromatic carbocycles. The van der Waals surface area contributed by atoms with E-state index < -0.39 is 5.60 Å². The predicted molar refractivity (Wildman–Crippen MR) is 110 cm³/mol. The fourth-order valence-corrected chi connectivity index (χ4v) is 3.80. The molecule has 0 bridgehead atoms. The van der Waals surface area contributed by atoms with E-state index in [2.05, 4.69) is 22.0 Å². The Morgan fingerprint density at radius 2 is 1.63 bits per heavy atom. The topological polar surface area (TPSA) is 71.4 Å². The van der Waals surface area contributed by atoms with Gasteiger partial charge < -0.3 is 20.2 Å². The first-order valence-corrected chi connectivity index (χ1v) is 10.7. The fraction of sp³-hybridized carbons (Fsp3) is 0.900. The Labute approximate surface area is 164 Å². The predicted octanol–water partition coefficient (Wildman–Crippen LogP) is 1.13. The number of carbonyl (C=O) groups is 1. The Morgan fingerprint density at radius 3 is 2.15 bits per heavy atom. The van der Waals surface area contributed by atoms with Gasteiger partial charge in [-0.15, -0.1) is 0 Å². The maximum Gasteiger partial charge on any atom is 0.239 e. The first-order valence-electron chi connectivity index (χ1n) is 10.7. The van der Waals surface area contributed by atoms with E-state index in [1.807, 2.05) is 25.7 Å². The monoisotopic (exact) mass is 381 g/mol. The Kier molecular flexibility index (Phi) is 8.35. The van der Waals surface area contributed by atoms with Crippen molar-refractivity contribution in [3.63, 3.8) is 0 Å². The summed E-state index contributed by atoms with van der Waals surface area (Å²) >= 11 is 0. The van der Waals surface area contributed by atoms with E-state index in [0.717, 1.165) is 64.6 Å². The standard InChI is InChI=1S/C20H39N5O2/c1-5-20(27,6-2)16-22-19(21-7-3)25-14-12-23(13-15-25)17(4)18(26)24-10-8-9-11-24/h17,27H,5-16H2,1-4H3,(H,21,22). The molecule has 0 radical (unpaired) electrons. The molecule has 1 atom stereocenters. The molecule has 2 saturated heterocycles. The van der Waals surface area contributed by atoms with Crippen LogP contribution in [0.15, 0.2) is 4.99 Å². The molecule has 2 fully saturated rings. The summed E-state index contributed by atoms with van der Waals surface area (Å²) in [4.78, 5) is 23.9. The van der Waals surface area contributed by atoms with Gasteiger partial charge in [0.2, 0.25) is 5.91 Å². The highest BCUT2D eigenvalue weighted by atomic mass is 16.3. The van der Waals surface area contributed by atoms with E-state index in [0.29, 0.717) is 19.4 Å². The summed E-state index contributed by atoms with van der Waals surface area (Å²) < 4.78 is 0. The summed E-state index contributed by atoms with van der Waals surface area (Å²) in [5.74, 6) is 1.15. The number of carbonyl (C=O) groups excluding carboxylic acids is 1. The van der Waals surface area contributed by atoms with Crippen molar-refractivity contribution in [2.45, 2.75) is 65.0 Å². The average molecular weight is 382 g/mol. The van der Waals surface area contributed by atoms with E-state index in [9.17, 15) is 9.90 Å². The number of nitrogens with zero attached hydrogens (tertiary/aromatic N) is 4. The first kappa shape index (κ1) is 22.0. The van der Waals surface area contributed by atoms with Crippen LogP contribution in [0.4, 0.5) is 0 Å². The number of aliphatic imine (C=N–C) groups is 1. The molecule has 7 heteroatoms. The summed E-state index contributed by atoms with van der Waals surface area (Å²) in [6.07, 6.45) is 3.68. The number of hydrogen-bond donors (Lipinski definition) is 2. The lowest BCUT2D eigenvalue weighted by Gasteiger charge is -2.39. The summed E-state index contributed by atoms with van der Waals surface area (Å²) in [5.41, 5.74) is -0.723.